The normalized spacial score (nSPS) is 27.1. The fraction of sp³-hybridized carbons (Fsp3) is 0.632. The Balaban J connectivity index is 1.76. The molecule has 3 saturated heterocycles. The summed E-state index contributed by atoms with van der Waals surface area (Å²) in [6.07, 6.45) is 4.73. The quantitative estimate of drug-likeness (QED) is 0.114. The third-order valence-electron chi connectivity index (χ3n) is 10.0. The summed E-state index contributed by atoms with van der Waals surface area (Å²) in [4.78, 5) is 59.7. The van der Waals surface area contributed by atoms with Crippen molar-refractivity contribution in [1.29, 1.82) is 0 Å². The predicted molar refractivity (Wildman–Crippen MR) is 193 cm³/mol. The molecule has 0 aromatic heterocycles. The zero-order chi connectivity index (χ0) is 36.6. The molecule has 2 bridgehead atoms. The molecule has 3 aliphatic rings. The van der Waals surface area contributed by atoms with Crippen molar-refractivity contribution in [3.63, 3.8) is 0 Å². The molecule has 0 aliphatic carbocycles. The van der Waals surface area contributed by atoms with Gasteiger partial charge in [-0.15, -0.1) is 13.2 Å². The number of hydrogen-bond acceptors (Lipinski definition) is 8. The highest BCUT2D eigenvalue weighted by molar-refractivity contribution is 9.09. The van der Waals surface area contributed by atoms with Crippen LogP contribution in [0.1, 0.15) is 71.0 Å². The molecule has 3 amide bonds. The van der Waals surface area contributed by atoms with Crippen molar-refractivity contribution in [1.82, 2.24) is 15.1 Å². The summed E-state index contributed by atoms with van der Waals surface area (Å²) in [6, 6.07) is 6.64. The Morgan fingerprint density at radius 2 is 1.94 bits per heavy atom. The molecule has 3 heterocycles. The summed E-state index contributed by atoms with van der Waals surface area (Å²) in [5, 5.41) is 13.6. The van der Waals surface area contributed by atoms with E-state index in [-0.39, 0.29) is 48.7 Å². The zero-order valence-corrected chi connectivity index (χ0v) is 31.4. The van der Waals surface area contributed by atoms with Crippen LogP contribution in [-0.2, 0) is 33.4 Å². The summed E-state index contributed by atoms with van der Waals surface area (Å²) in [5.74, 6) is -3.54. The Morgan fingerprint density at radius 3 is 2.54 bits per heavy atom. The van der Waals surface area contributed by atoms with E-state index >= 15 is 0 Å². The summed E-state index contributed by atoms with van der Waals surface area (Å²) >= 11 is 3.74. The number of amides is 3. The first-order chi connectivity index (χ1) is 24.0. The van der Waals surface area contributed by atoms with E-state index in [1.54, 1.807) is 17.1 Å². The van der Waals surface area contributed by atoms with Crippen LogP contribution in [0.3, 0.4) is 0 Å². The van der Waals surface area contributed by atoms with Crippen molar-refractivity contribution < 1.29 is 38.5 Å². The van der Waals surface area contributed by atoms with Crippen LogP contribution >= 0.6 is 15.9 Å². The number of fused-ring (bicyclic) bond motifs is 1. The molecular weight excluding hydrogens is 706 g/mol. The first-order valence-electron chi connectivity index (χ1n) is 17.8. The van der Waals surface area contributed by atoms with Crippen LogP contribution in [0.5, 0.6) is 0 Å². The third kappa shape index (κ3) is 8.19. The van der Waals surface area contributed by atoms with Crippen molar-refractivity contribution in [2.45, 2.75) is 100 Å². The number of rotatable bonds is 20. The van der Waals surface area contributed by atoms with E-state index in [4.69, 9.17) is 14.2 Å². The number of methoxy groups -OCH3 is 1. The lowest BCUT2D eigenvalue weighted by molar-refractivity contribution is -0.163. The fourth-order valence-electron chi connectivity index (χ4n) is 7.92. The molecule has 11 nitrogen and oxygen atoms in total. The molecule has 276 valence electrons. The number of carbonyl (C=O) groups is 4. The van der Waals surface area contributed by atoms with Gasteiger partial charge in [-0.2, -0.15) is 0 Å². The van der Waals surface area contributed by atoms with Gasteiger partial charge in [0.25, 0.3) is 0 Å². The second-order valence-corrected chi connectivity index (χ2v) is 15.2. The maximum absolute atomic E-state index is 14.8. The zero-order valence-electron chi connectivity index (χ0n) is 29.8. The average Bonchev–Trinajstić information content (AvgIpc) is 3.69. The molecule has 2 N–H and O–H groups in total. The Labute approximate surface area is 304 Å². The molecule has 9 atom stereocenters. The molecule has 50 heavy (non-hydrogen) atoms. The van der Waals surface area contributed by atoms with E-state index in [1.807, 2.05) is 51.1 Å². The van der Waals surface area contributed by atoms with E-state index in [2.05, 4.69) is 34.4 Å². The van der Waals surface area contributed by atoms with Crippen LogP contribution in [0.15, 0.2) is 55.6 Å². The first-order valence-corrected chi connectivity index (χ1v) is 18.7. The smallest absolute Gasteiger partial charge is 0.313 e. The standard InChI is InChI=1S/C38H54BrN3O8/c1-7-10-17-29(44)40-28(23-48-6)32(25-15-13-12-14-16-25)49-37(47)30-31-35(45)42(26(22-43)20-24(4)5)34(38(31)21-27(39)33(30)50-38)36(46)41(18-9-3)19-11-8-2/h7,9,12-16,24,26-28,30-34,43H,1,3,8,10-11,17-23H2,2,4-6H3,(H,40,44)/t26-,27?,28+,30+,31-,32+,33+,34+,38-/m1/s1. The number of aliphatic hydroxyl groups is 1. The van der Waals surface area contributed by atoms with E-state index in [0.29, 0.717) is 31.4 Å². The van der Waals surface area contributed by atoms with Crippen molar-refractivity contribution >= 4 is 39.6 Å². The highest BCUT2D eigenvalue weighted by Gasteiger charge is 2.77. The van der Waals surface area contributed by atoms with Crippen LogP contribution in [0.25, 0.3) is 0 Å². The number of benzene rings is 1. The second-order valence-electron chi connectivity index (χ2n) is 14.0. The maximum Gasteiger partial charge on any atom is 0.313 e. The van der Waals surface area contributed by atoms with Gasteiger partial charge in [0.1, 0.15) is 17.7 Å². The number of nitrogens with zero attached hydrogens (tertiary/aromatic N) is 2. The van der Waals surface area contributed by atoms with Gasteiger partial charge >= 0.3 is 5.97 Å². The van der Waals surface area contributed by atoms with Gasteiger partial charge in [0.2, 0.25) is 17.7 Å². The number of nitrogens with one attached hydrogen (secondary N) is 1. The van der Waals surface area contributed by atoms with Gasteiger partial charge in [-0.05, 0) is 37.2 Å². The number of aliphatic hydroxyl groups excluding tert-OH is 1. The van der Waals surface area contributed by atoms with Crippen molar-refractivity contribution in [2.24, 2.45) is 17.8 Å². The molecule has 4 rings (SSSR count). The number of alkyl halides is 1. The monoisotopic (exact) mass is 759 g/mol. The number of ether oxygens (including phenoxy) is 3. The number of likely N-dealkylation sites (tertiary alicyclic amines) is 1. The van der Waals surface area contributed by atoms with Crippen LogP contribution in [0, 0.1) is 17.8 Å². The van der Waals surface area contributed by atoms with Gasteiger partial charge in [0.15, 0.2) is 0 Å². The lowest BCUT2D eigenvalue weighted by Gasteiger charge is -2.39. The molecule has 1 aromatic carbocycles. The Morgan fingerprint density at radius 1 is 1.22 bits per heavy atom. The lowest BCUT2D eigenvalue weighted by atomic mass is 9.70. The highest BCUT2D eigenvalue weighted by Crippen LogP contribution is 2.61. The Hall–Kier alpha value is -3.06. The number of carbonyl (C=O) groups excluding carboxylic acids is 4. The first kappa shape index (κ1) is 39.7. The molecule has 1 unspecified atom stereocenters. The maximum atomic E-state index is 14.8. The van der Waals surface area contributed by atoms with Crippen molar-refractivity contribution in [2.75, 3.05) is 33.4 Å². The molecule has 3 fully saturated rings. The van der Waals surface area contributed by atoms with Gasteiger partial charge in [-0.3, -0.25) is 19.2 Å². The number of esters is 1. The minimum absolute atomic E-state index is 0.0548. The van der Waals surface area contributed by atoms with Gasteiger partial charge in [0, 0.05) is 31.4 Å². The summed E-state index contributed by atoms with van der Waals surface area (Å²) in [7, 11) is 1.50. The van der Waals surface area contributed by atoms with E-state index in [9.17, 15) is 24.3 Å². The van der Waals surface area contributed by atoms with E-state index in [1.165, 1.54) is 12.0 Å². The Kier molecular flexibility index (Phi) is 14.2. The average molecular weight is 761 g/mol. The second kappa shape index (κ2) is 17.9. The van der Waals surface area contributed by atoms with Crippen LogP contribution in [-0.4, -0.2) is 107 Å². The molecule has 3 aliphatic heterocycles. The molecule has 0 radical (unpaired) electrons. The number of unbranched alkanes of at least 4 members (excludes halogenated alkanes) is 1. The summed E-state index contributed by atoms with van der Waals surface area (Å²) in [6.45, 7) is 14.1. The summed E-state index contributed by atoms with van der Waals surface area (Å²) in [5.41, 5.74) is -0.679. The minimum atomic E-state index is -1.32. The van der Waals surface area contributed by atoms with Crippen LogP contribution < -0.4 is 5.32 Å². The number of halogens is 1. The summed E-state index contributed by atoms with van der Waals surface area (Å²) < 4.78 is 18.5. The minimum Gasteiger partial charge on any atom is -0.455 e. The number of hydrogen-bond donors (Lipinski definition) is 2. The largest absolute Gasteiger partial charge is 0.455 e. The van der Waals surface area contributed by atoms with Crippen molar-refractivity contribution in [3.8, 4) is 0 Å². The topological polar surface area (TPSA) is 135 Å². The van der Waals surface area contributed by atoms with Gasteiger partial charge < -0.3 is 34.4 Å². The van der Waals surface area contributed by atoms with E-state index in [0.717, 1.165) is 12.8 Å². The Bertz CT molecular complexity index is 1360. The van der Waals surface area contributed by atoms with Crippen LogP contribution in [0.4, 0.5) is 0 Å². The highest BCUT2D eigenvalue weighted by atomic mass is 79.9. The number of allylic oxidation sites excluding steroid dienone is 1. The van der Waals surface area contributed by atoms with E-state index < -0.39 is 59.6 Å². The van der Waals surface area contributed by atoms with Gasteiger partial charge in [-0.25, -0.2) is 0 Å². The SMILES string of the molecule is C=CCCC(=O)N[C@@H](COC)[C@@H](OC(=O)[C@@H]1[C@H]2O[C@@]3(CC2Br)[C@H](C(=O)N(CC=C)CCCC)N([C@@H](CO)CC(C)C)C(=O)[C@@H]13)c1ccccc1. The molecule has 12 heteroatoms. The lowest BCUT2D eigenvalue weighted by Crippen LogP contribution is -2.59. The molecular formula is C38H54BrN3O8. The molecule has 1 aromatic rings. The fourth-order valence-corrected chi connectivity index (χ4v) is 8.87. The van der Waals surface area contributed by atoms with Crippen molar-refractivity contribution in [3.05, 3.63) is 61.2 Å². The molecule has 0 saturated carbocycles. The molecule has 1 spiro atoms. The van der Waals surface area contributed by atoms with Gasteiger partial charge in [0.05, 0.1) is 43.2 Å². The van der Waals surface area contributed by atoms with Gasteiger partial charge in [-0.1, -0.05) is 85.6 Å². The third-order valence-corrected chi connectivity index (χ3v) is 10.9. The van der Waals surface area contributed by atoms with Crippen LogP contribution in [0.2, 0.25) is 0 Å². The predicted octanol–water partition coefficient (Wildman–Crippen LogP) is 4.34.